The van der Waals surface area contributed by atoms with Crippen molar-refractivity contribution in [3.63, 3.8) is 0 Å². The quantitative estimate of drug-likeness (QED) is 0.813. The van der Waals surface area contributed by atoms with Gasteiger partial charge >= 0.3 is 0 Å². The van der Waals surface area contributed by atoms with Crippen LogP contribution in [-0.4, -0.2) is 22.6 Å². The van der Waals surface area contributed by atoms with Crippen LogP contribution in [-0.2, 0) is 7.05 Å². The summed E-state index contributed by atoms with van der Waals surface area (Å²) in [6, 6.07) is 4.55. The van der Waals surface area contributed by atoms with Crippen molar-refractivity contribution in [2.75, 3.05) is 13.1 Å². The van der Waals surface area contributed by atoms with Crippen molar-refractivity contribution in [1.29, 1.82) is 0 Å². The van der Waals surface area contributed by atoms with Gasteiger partial charge in [0.25, 0.3) is 0 Å². The Labute approximate surface area is 102 Å². The van der Waals surface area contributed by atoms with Crippen molar-refractivity contribution in [2.24, 2.45) is 7.05 Å². The topological polar surface area (TPSA) is 29.9 Å². The molecule has 0 radical (unpaired) electrons. The van der Waals surface area contributed by atoms with E-state index in [0.717, 1.165) is 18.7 Å². The highest BCUT2D eigenvalue weighted by Gasteiger charge is 2.19. The normalized spacial score (nSPS) is 17.8. The van der Waals surface area contributed by atoms with Crippen LogP contribution in [0.4, 0.5) is 0 Å². The summed E-state index contributed by atoms with van der Waals surface area (Å²) in [5.74, 6) is 0.691. The molecule has 2 aromatic heterocycles. The third-order valence-electron chi connectivity index (χ3n) is 3.80. The molecule has 1 aliphatic rings. The maximum atomic E-state index is 4.54. The van der Waals surface area contributed by atoms with Gasteiger partial charge in [-0.3, -0.25) is 0 Å². The minimum Gasteiger partial charge on any atom is -0.332 e. The van der Waals surface area contributed by atoms with Crippen molar-refractivity contribution in [3.05, 3.63) is 29.6 Å². The monoisotopic (exact) mass is 229 g/mol. The van der Waals surface area contributed by atoms with Crippen LogP contribution in [0.3, 0.4) is 0 Å². The molecule has 1 fully saturated rings. The second-order valence-corrected chi connectivity index (χ2v) is 5.08. The smallest absolute Gasteiger partial charge is 0.139 e. The van der Waals surface area contributed by atoms with Gasteiger partial charge in [0.15, 0.2) is 0 Å². The van der Waals surface area contributed by atoms with Crippen molar-refractivity contribution >= 4 is 11.0 Å². The molecule has 0 aliphatic carbocycles. The van der Waals surface area contributed by atoms with Crippen LogP contribution in [0.2, 0.25) is 0 Å². The van der Waals surface area contributed by atoms with Crippen molar-refractivity contribution in [1.82, 2.24) is 14.9 Å². The van der Waals surface area contributed by atoms with Crippen LogP contribution >= 0.6 is 0 Å². The molecule has 90 valence electrons. The Morgan fingerprint density at radius 3 is 2.82 bits per heavy atom. The number of aromatic nitrogens is 2. The lowest BCUT2D eigenvalue weighted by Gasteiger charge is -2.23. The van der Waals surface area contributed by atoms with Crippen LogP contribution in [0.1, 0.15) is 30.0 Å². The molecule has 0 unspecified atom stereocenters. The predicted molar refractivity (Wildman–Crippen MR) is 70.3 cm³/mol. The lowest BCUT2D eigenvalue weighted by atomic mass is 9.94. The van der Waals surface area contributed by atoms with Crippen LogP contribution < -0.4 is 5.32 Å². The van der Waals surface area contributed by atoms with Crippen LogP contribution in [0, 0.1) is 6.92 Å². The van der Waals surface area contributed by atoms with Crippen molar-refractivity contribution in [2.45, 2.75) is 25.7 Å². The highest BCUT2D eigenvalue weighted by Crippen LogP contribution is 2.29. The average molecular weight is 229 g/mol. The Balaban J connectivity index is 2.07. The minimum atomic E-state index is 0.691. The molecule has 3 rings (SSSR count). The Morgan fingerprint density at radius 2 is 2.06 bits per heavy atom. The van der Waals surface area contributed by atoms with Gasteiger partial charge in [-0.1, -0.05) is 0 Å². The molecule has 1 aliphatic heterocycles. The average Bonchev–Trinajstić information content (AvgIpc) is 2.67. The van der Waals surface area contributed by atoms with E-state index in [1.807, 2.05) is 6.20 Å². The molecular weight excluding hydrogens is 210 g/mol. The highest BCUT2D eigenvalue weighted by atomic mass is 15.0. The first-order valence-electron chi connectivity index (χ1n) is 6.38. The summed E-state index contributed by atoms with van der Waals surface area (Å²) in [7, 11) is 2.14. The van der Waals surface area contributed by atoms with E-state index in [2.05, 4.69) is 41.0 Å². The fraction of sp³-hybridized carbons (Fsp3) is 0.500. The molecule has 0 atom stereocenters. The number of fused-ring (bicyclic) bond motifs is 1. The van der Waals surface area contributed by atoms with Gasteiger partial charge in [0.1, 0.15) is 5.65 Å². The first-order valence-corrected chi connectivity index (χ1v) is 6.38. The molecular formula is C14H19N3. The zero-order valence-corrected chi connectivity index (χ0v) is 10.5. The molecule has 2 aromatic rings. The summed E-state index contributed by atoms with van der Waals surface area (Å²) in [5, 5.41) is 4.70. The number of hydrogen-bond donors (Lipinski definition) is 1. The molecule has 0 aromatic carbocycles. The van der Waals surface area contributed by atoms with Crippen molar-refractivity contribution < 1.29 is 0 Å². The lowest BCUT2D eigenvalue weighted by Crippen LogP contribution is -2.27. The van der Waals surface area contributed by atoms with E-state index in [9.17, 15) is 0 Å². The fourth-order valence-electron chi connectivity index (χ4n) is 2.86. The number of nitrogens with one attached hydrogen (secondary N) is 1. The zero-order chi connectivity index (χ0) is 11.8. The molecule has 3 nitrogen and oxygen atoms in total. The molecule has 0 spiro atoms. The first kappa shape index (κ1) is 10.8. The largest absolute Gasteiger partial charge is 0.332 e. The number of hydrogen-bond acceptors (Lipinski definition) is 2. The van der Waals surface area contributed by atoms with E-state index in [0.29, 0.717) is 5.92 Å². The maximum Gasteiger partial charge on any atom is 0.139 e. The molecule has 0 saturated carbocycles. The Hall–Kier alpha value is -1.35. The fourth-order valence-corrected chi connectivity index (χ4v) is 2.86. The second kappa shape index (κ2) is 4.15. The van der Waals surface area contributed by atoms with Gasteiger partial charge in [-0.15, -0.1) is 0 Å². The summed E-state index contributed by atoms with van der Waals surface area (Å²) in [6.07, 6.45) is 4.43. The van der Waals surface area contributed by atoms with Crippen molar-refractivity contribution in [3.8, 4) is 0 Å². The van der Waals surface area contributed by atoms with E-state index < -0.39 is 0 Å². The Bertz CT molecular complexity index is 536. The highest BCUT2D eigenvalue weighted by molar-refractivity contribution is 5.78. The number of pyridine rings is 1. The first-order chi connectivity index (χ1) is 8.25. The zero-order valence-electron chi connectivity index (χ0n) is 10.5. The maximum absolute atomic E-state index is 4.54. The van der Waals surface area contributed by atoms with Gasteiger partial charge in [0, 0.05) is 30.2 Å². The summed E-state index contributed by atoms with van der Waals surface area (Å²) >= 11 is 0. The van der Waals surface area contributed by atoms with Gasteiger partial charge in [-0.25, -0.2) is 4.98 Å². The van der Waals surface area contributed by atoms with Gasteiger partial charge in [-0.2, -0.15) is 0 Å². The van der Waals surface area contributed by atoms with E-state index in [-0.39, 0.29) is 0 Å². The van der Waals surface area contributed by atoms with Gasteiger partial charge in [0.05, 0.1) is 0 Å². The summed E-state index contributed by atoms with van der Waals surface area (Å²) in [5.41, 5.74) is 3.80. The number of rotatable bonds is 1. The molecule has 17 heavy (non-hydrogen) atoms. The van der Waals surface area contributed by atoms with E-state index in [1.165, 1.54) is 29.5 Å². The standard InChI is InChI=1S/C14H19N3/c1-10-7-12-8-13(11-3-5-15-6-4-11)17(2)14(12)16-9-10/h7-9,11,15H,3-6H2,1-2H3. The Morgan fingerprint density at radius 1 is 1.29 bits per heavy atom. The molecule has 0 amide bonds. The van der Waals surface area contributed by atoms with Gasteiger partial charge < -0.3 is 9.88 Å². The summed E-state index contributed by atoms with van der Waals surface area (Å²) < 4.78 is 2.27. The third kappa shape index (κ3) is 1.84. The molecule has 3 heterocycles. The molecule has 1 N–H and O–H groups in total. The van der Waals surface area contributed by atoms with E-state index in [1.54, 1.807) is 0 Å². The van der Waals surface area contributed by atoms with E-state index >= 15 is 0 Å². The number of aryl methyl sites for hydroxylation is 2. The van der Waals surface area contributed by atoms with Crippen LogP contribution in [0.25, 0.3) is 11.0 Å². The predicted octanol–water partition coefficient (Wildman–Crippen LogP) is 2.35. The lowest BCUT2D eigenvalue weighted by molar-refractivity contribution is 0.446. The molecule has 0 bridgehead atoms. The summed E-state index contributed by atoms with van der Waals surface area (Å²) in [4.78, 5) is 4.54. The van der Waals surface area contributed by atoms with Crippen LogP contribution in [0.5, 0.6) is 0 Å². The molecule has 3 heteroatoms. The molecule has 1 saturated heterocycles. The Kier molecular flexibility index (Phi) is 2.63. The second-order valence-electron chi connectivity index (χ2n) is 5.08. The van der Waals surface area contributed by atoms with Crippen LogP contribution in [0.15, 0.2) is 18.3 Å². The van der Waals surface area contributed by atoms with Gasteiger partial charge in [0.2, 0.25) is 0 Å². The number of piperidine rings is 1. The SMILES string of the molecule is Cc1cnc2c(c1)cc(C1CCNCC1)n2C. The summed E-state index contributed by atoms with van der Waals surface area (Å²) in [6.45, 7) is 4.38. The number of nitrogens with zero attached hydrogens (tertiary/aromatic N) is 2. The van der Waals surface area contributed by atoms with Gasteiger partial charge in [-0.05, 0) is 50.6 Å². The van der Waals surface area contributed by atoms with E-state index in [4.69, 9.17) is 0 Å². The minimum absolute atomic E-state index is 0.691. The third-order valence-corrected chi connectivity index (χ3v) is 3.80.